The Morgan fingerprint density at radius 1 is 1.65 bits per heavy atom. The van der Waals surface area contributed by atoms with Gasteiger partial charge in [-0.25, -0.2) is 4.98 Å². The van der Waals surface area contributed by atoms with E-state index in [4.69, 9.17) is 16.3 Å². The molecule has 0 bridgehead atoms. The molecule has 0 aliphatic carbocycles. The van der Waals surface area contributed by atoms with Gasteiger partial charge in [0.2, 0.25) is 0 Å². The maximum Gasteiger partial charge on any atom is 0.262 e. The first kappa shape index (κ1) is 13.7. The predicted molar refractivity (Wildman–Crippen MR) is 77.8 cm³/mol. The van der Waals surface area contributed by atoms with Gasteiger partial charge in [0.05, 0.1) is 29.2 Å². The molecule has 1 atom stereocenters. The van der Waals surface area contributed by atoms with E-state index in [1.807, 2.05) is 0 Å². The Bertz CT molecular complexity index is 731. The zero-order valence-corrected chi connectivity index (χ0v) is 12.5. The third-order valence-electron chi connectivity index (χ3n) is 3.52. The minimum Gasteiger partial charge on any atom is -0.376 e. The predicted octanol–water partition coefficient (Wildman–Crippen LogP) is 2.32. The molecule has 2 aromatic rings. The molecule has 0 unspecified atom stereocenters. The zero-order valence-electron chi connectivity index (χ0n) is 10.9. The lowest BCUT2D eigenvalue weighted by Gasteiger charge is -2.11. The fourth-order valence-electron chi connectivity index (χ4n) is 2.48. The summed E-state index contributed by atoms with van der Waals surface area (Å²) < 4.78 is 7.09. The summed E-state index contributed by atoms with van der Waals surface area (Å²) in [5.41, 5.74) is 0.479. The van der Waals surface area contributed by atoms with Crippen LogP contribution in [0.2, 0.25) is 0 Å². The number of halogens is 1. The van der Waals surface area contributed by atoms with Gasteiger partial charge in [-0.15, -0.1) is 11.3 Å². The van der Waals surface area contributed by atoms with Gasteiger partial charge in [-0.05, 0) is 36.9 Å². The number of rotatable bonds is 3. The van der Waals surface area contributed by atoms with Gasteiger partial charge in [-0.3, -0.25) is 14.2 Å². The molecule has 106 valence electrons. The molecule has 5 nitrogen and oxygen atoms in total. The summed E-state index contributed by atoms with van der Waals surface area (Å²) in [6, 6.07) is 0. The van der Waals surface area contributed by atoms with E-state index >= 15 is 0 Å². The highest BCUT2D eigenvalue weighted by atomic mass is 35.5. The third-order valence-corrected chi connectivity index (χ3v) is 5.02. The van der Waals surface area contributed by atoms with Crippen molar-refractivity contribution >= 4 is 38.4 Å². The van der Waals surface area contributed by atoms with Gasteiger partial charge < -0.3 is 4.74 Å². The second-order valence-corrected chi connectivity index (χ2v) is 6.19. The summed E-state index contributed by atoms with van der Waals surface area (Å²) in [4.78, 5) is 29.0. The molecule has 1 fully saturated rings. The molecule has 0 amide bonds. The van der Waals surface area contributed by atoms with E-state index in [9.17, 15) is 9.59 Å². The summed E-state index contributed by atoms with van der Waals surface area (Å²) in [5.74, 6) is 0. The molecule has 0 aromatic carbocycles. The average Bonchev–Trinajstić information content (AvgIpc) is 3.01. The summed E-state index contributed by atoms with van der Waals surface area (Å²) in [5, 5.41) is -0.0601. The molecule has 20 heavy (non-hydrogen) atoms. The standard InChI is InChI=1S/C13H13ClN2O3S/c1-7-9-12(20-10(7)11(14)17)15-6-16(13(9)18)5-8-3-2-4-19-8/h6,8H,2-5H2,1H3/t8-/m1/s1. The summed E-state index contributed by atoms with van der Waals surface area (Å²) in [7, 11) is 0. The van der Waals surface area contributed by atoms with Crippen molar-refractivity contribution in [3.8, 4) is 0 Å². The molecule has 0 N–H and O–H groups in total. The number of fused-ring (bicyclic) bond motifs is 1. The van der Waals surface area contributed by atoms with Crippen LogP contribution in [0.1, 0.15) is 28.1 Å². The van der Waals surface area contributed by atoms with Crippen LogP contribution in [-0.4, -0.2) is 27.5 Å². The number of carbonyl (C=O) groups excluding carboxylic acids is 1. The third kappa shape index (κ3) is 2.28. The highest BCUT2D eigenvalue weighted by molar-refractivity contribution is 7.22. The molecule has 0 saturated carbocycles. The number of nitrogens with zero attached hydrogens (tertiary/aromatic N) is 2. The Hall–Kier alpha value is -1.24. The van der Waals surface area contributed by atoms with Crippen LogP contribution in [0.25, 0.3) is 10.2 Å². The lowest BCUT2D eigenvalue weighted by Crippen LogP contribution is -2.26. The van der Waals surface area contributed by atoms with Crippen LogP contribution in [-0.2, 0) is 11.3 Å². The van der Waals surface area contributed by atoms with Crippen LogP contribution in [0, 0.1) is 6.92 Å². The van der Waals surface area contributed by atoms with Gasteiger partial charge in [0.15, 0.2) is 0 Å². The number of aryl methyl sites for hydroxylation is 1. The van der Waals surface area contributed by atoms with E-state index in [1.54, 1.807) is 11.5 Å². The van der Waals surface area contributed by atoms with Crippen LogP contribution in [0.3, 0.4) is 0 Å². The summed E-state index contributed by atoms with van der Waals surface area (Å²) in [6.07, 6.45) is 3.57. The Labute approximate surface area is 124 Å². The smallest absolute Gasteiger partial charge is 0.262 e. The van der Waals surface area contributed by atoms with Crippen molar-refractivity contribution in [2.75, 3.05) is 6.61 Å². The van der Waals surface area contributed by atoms with Gasteiger partial charge in [-0.2, -0.15) is 0 Å². The second-order valence-electron chi connectivity index (χ2n) is 4.85. The largest absolute Gasteiger partial charge is 0.376 e. The fraction of sp³-hybridized carbons (Fsp3) is 0.462. The highest BCUT2D eigenvalue weighted by Crippen LogP contribution is 2.28. The molecule has 7 heteroatoms. The molecule has 1 aliphatic heterocycles. The van der Waals surface area contributed by atoms with Gasteiger partial charge >= 0.3 is 0 Å². The fourth-order valence-corrected chi connectivity index (χ4v) is 3.71. The summed E-state index contributed by atoms with van der Waals surface area (Å²) >= 11 is 6.68. The van der Waals surface area contributed by atoms with Crippen molar-refractivity contribution in [3.63, 3.8) is 0 Å². The number of aromatic nitrogens is 2. The molecular weight excluding hydrogens is 300 g/mol. The first-order valence-electron chi connectivity index (χ1n) is 6.38. The molecule has 1 aliphatic rings. The van der Waals surface area contributed by atoms with Crippen molar-refractivity contribution in [2.45, 2.75) is 32.4 Å². The molecule has 1 saturated heterocycles. The van der Waals surface area contributed by atoms with Crippen LogP contribution in [0.5, 0.6) is 0 Å². The quantitative estimate of drug-likeness (QED) is 0.816. The number of hydrogen-bond acceptors (Lipinski definition) is 5. The first-order chi connectivity index (χ1) is 9.58. The van der Waals surface area contributed by atoms with E-state index < -0.39 is 5.24 Å². The molecule has 3 heterocycles. The average molecular weight is 313 g/mol. The lowest BCUT2D eigenvalue weighted by atomic mass is 10.2. The van der Waals surface area contributed by atoms with Gasteiger partial charge in [-0.1, -0.05) is 0 Å². The van der Waals surface area contributed by atoms with Crippen molar-refractivity contribution in [1.82, 2.24) is 9.55 Å². The maximum absolute atomic E-state index is 12.5. The normalized spacial score (nSPS) is 18.8. The van der Waals surface area contributed by atoms with Crippen molar-refractivity contribution in [2.24, 2.45) is 0 Å². The Morgan fingerprint density at radius 2 is 2.45 bits per heavy atom. The van der Waals surface area contributed by atoms with Crippen LogP contribution in [0.4, 0.5) is 0 Å². The molecular formula is C13H13ClN2O3S. The van der Waals surface area contributed by atoms with E-state index in [1.165, 1.54) is 6.33 Å². The van der Waals surface area contributed by atoms with Gasteiger partial charge in [0, 0.05) is 6.61 Å². The minimum atomic E-state index is -0.546. The monoisotopic (exact) mass is 312 g/mol. The van der Waals surface area contributed by atoms with Crippen molar-refractivity contribution in [1.29, 1.82) is 0 Å². The Morgan fingerprint density at radius 3 is 3.10 bits per heavy atom. The molecule has 3 rings (SSSR count). The van der Waals surface area contributed by atoms with E-state index in [-0.39, 0.29) is 11.7 Å². The van der Waals surface area contributed by atoms with Crippen molar-refractivity contribution in [3.05, 3.63) is 27.1 Å². The molecule has 2 aromatic heterocycles. The number of ether oxygens (including phenoxy) is 1. The summed E-state index contributed by atoms with van der Waals surface area (Å²) in [6.45, 7) is 2.98. The van der Waals surface area contributed by atoms with Crippen LogP contribution < -0.4 is 5.56 Å². The highest BCUT2D eigenvalue weighted by Gasteiger charge is 2.20. The minimum absolute atomic E-state index is 0.0695. The maximum atomic E-state index is 12.5. The van der Waals surface area contributed by atoms with Gasteiger partial charge in [0.1, 0.15) is 4.83 Å². The Kier molecular flexibility index (Phi) is 3.62. The van der Waals surface area contributed by atoms with Crippen LogP contribution >= 0.6 is 22.9 Å². The molecule has 0 radical (unpaired) electrons. The Balaban J connectivity index is 2.07. The van der Waals surface area contributed by atoms with Crippen LogP contribution in [0.15, 0.2) is 11.1 Å². The number of thiophene rings is 1. The first-order valence-corrected chi connectivity index (χ1v) is 7.57. The van der Waals surface area contributed by atoms with Gasteiger partial charge in [0.25, 0.3) is 10.8 Å². The molecule has 0 spiro atoms. The number of hydrogen-bond donors (Lipinski definition) is 0. The second kappa shape index (κ2) is 5.27. The lowest BCUT2D eigenvalue weighted by molar-refractivity contribution is 0.0960. The van der Waals surface area contributed by atoms with Crippen molar-refractivity contribution < 1.29 is 9.53 Å². The van der Waals surface area contributed by atoms with E-state index in [0.29, 0.717) is 27.2 Å². The topological polar surface area (TPSA) is 61.2 Å². The van der Waals surface area contributed by atoms with E-state index in [2.05, 4.69) is 4.98 Å². The zero-order chi connectivity index (χ0) is 14.3. The SMILES string of the molecule is Cc1c(C(=O)Cl)sc2ncn(C[C@H]3CCCO3)c(=O)c12. The van der Waals surface area contributed by atoms with E-state index in [0.717, 1.165) is 30.8 Å². The number of carbonyl (C=O) groups is 1.